The third-order valence-corrected chi connectivity index (χ3v) is 2.79. The first-order valence-corrected chi connectivity index (χ1v) is 6.10. The fourth-order valence-electron chi connectivity index (χ4n) is 2.24. The molecule has 0 amide bonds. The number of rotatable bonds is 6. The molecule has 1 rings (SSSR count). The van der Waals surface area contributed by atoms with E-state index < -0.39 is 5.54 Å². The van der Waals surface area contributed by atoms with E-state index in [0.717, 1.165) is 12.8 Å². The fraction of sp³-hybridized carbons (Fsp3) is 0.917. The first-order valence-electron chi connectivity index (χ1n) is 6.10. The van der Waals surface area contributed by atoms with Crippen LogP contribution in [0.15, 0.2) is 0 Å². The highest BCUT2D eigenvalue weighted by Crippen LogP contribution is 2.36. The minimum absolute atomic E-state index is 0.139. The van der Waals surface area contributed by atoms with E-state index in [4.69, 9.17) is 9.47 Å². The molecule has 0 aromatic heterocycles. The molecule has 1 aliphatic carbocycles. The topological polar surface area (TPSA) is 47.6 Å². The first kappa shape index (κ1) is 13.5. The molecule has 1 aliphatic rings. The zero-order valence-electron chi connectivity index (χ0n) is 10.7. The summed E-state index contributed by atoms with van der Waals surface area (Å²) in [5.41, 5.74) is -0.510. The molecular weight excluding hydrogens is 206 g/mol. The monoisotopic (exact) mass is 229 g/mol. The van der Waals surface area contributed by atoms with Gasteiger partial charge in [0.1, 0.15) is 5.54 Å². The molecule has 0 aromatic carbocycles. The van der Waals surface area contributed by atoms with Crippen LogP contribution >= 0.6 is 0 Å². The van der Waals surface area contributed by atoms with Crippen LogP contribution in [0.3, 0.4) is 0 Å². The van der Waals surface area contributed by atoms with Gasteiger partial charge in [-0.25, -0.2) is 0 Å². The normalized spacial score (nSPS) is 28.9. The van der Waals surface area contributed by atoms with Gasteiger partial charge in [-0.05, 0) is 27.7 Å². The zero-order valence-corrected chi connectivity index (χ0v) is 10.7. The first-order chi connectivity index (χ1) is 7.54. The Morgan fingerprint density at radius 1 is 1.38 bits per heavy atom. The molecule has 1 saturated carbocycles. The number of ether oxygens (including phenoxy) is 2. The lowest BCUT2D eigenvalue weighted by Gasteiger charge is -2.46. The van der Waals surface area contributed by atoms with Crippen molar-refractivity contribution in [1.29, 1.82) is 0 Å². The predicted octanol–water partition coefficient (Wildman–Crippen LogP) is 1.49. The van der Waals surface area contributed by atoms with Crippen molar-refractivity contribution in [2.45, 2.75) is 58.2 Å². The third-order valence-electron chi connectivity index (χ3n) is 2.79. The Bertz CT molecular complexity index is 234. The maximum atomic E-state index is 11.9. The Morgan fingerprint density at radius 3 is 2.44 bits per heavy atom. The van der Waals surface area contributed by atoms with Gasteiger partial charge >= 0.3 is 5.97 Å². The van der Waals surface area contributed by atoms with Crippen LogP contribution < -0.4 is 5.32 Å². The lowest BCUT2D eigenvalue weighted by molar-refractivity contribution is -0.164. The Hall–Kier alpha value is -0.610. The Kier molecular flexibility index (Phi) is 4.74. The molecule has 1 N–H and O–H groups in total. The van der Waals surface area contributed by atoms with E-state index >= 15 is 0 Å². The molecule has 1 fully saturated rings. The minimum atomic E-state index is -0.510. The molecule has 0 bridgehead atoms. The van der Waals surface area contributed by atoms with Crippen molar-refractivity contribution in [1.82, 2.24) is 5.32 Å². The molecule has 0 atom stereocenters. The van der Waals surface area contributed by atoms with E-state index in [1.54, 1.807) is 0 Å². The van der Waals surface area contributed by atoms with Crippen molar-refractivity contribution in [3.63, 3.8) is 0 Å². The van der Waals surface area contributed by atoms with Crippen molar-refractivity contribution in [3.05, 3.63) is 0 Å². The van der Waals surface area contributed by atoms with E-state index in [9.17, 15) is 4.79 Å². The smallest absolute Gasteiger partial charge is 0.326 e. The van der Waals surface area contributed by atoms with Crippen molar-refractivity contribution in [2.75, 3.05) is 13.2 Å². The second-order valence-electron chi connectivity index (χ2n) is 4.59. The van der Waals surface area contributed by atoms with Gasteiger partial charge < -0.3 is 9.47 Å². The van der Waals surface area contributed by atoms with Crippen molar-refractivity contribution in [3.8, 4) is 0 Å². The maximum absolute atomic E-state index is 11.9. The number of hydrogen-bond acceptors (Lipinski definition) is 4. The average molecular weight is 229 g/mol. The molecule has 0 heterocycles. The van der Waals surface area contributed by atoms with E-state index in [1.165, 1.54) is 0 Å². The SMILES string of the molecule is CCOC(=O)C1(NC(C)C)CC(OCC)C1. The molecule has 0 spiro atoms. The van der Waals surface area contributed by atoms with Gasteiger partial charge in [0, 0.05) is 25.5 Å². The van der Waals surface area contributed by atoms with Crippen molar-refractivity contribution in [2.24, 2.45) is 0 Å². The Morgan fingerprint density at radius 2 is 2.00 bits per heavy atom. The summed E-state index contributed by atoms with van der Waals surface area (Å²) in [6.45, 7) is 9.01. The number of carbonyl (C=O) groups is 1. The van der Waals surface area contributed by atoms with E-state index in [-0.39, 0.29) is 18.1 Å². The van der Waals surface area contributed by atoms with E-state index in [2.05, 4.69) is 5.32 Å². The largest absolute Gasteiger partial charge is 0.465 e. The lowest BCUT2D eigenvalue weighted by Crippen LogP contribution is -2.65. The molecule has 0 aromatic rings. The highest BCUT2D eigenvalue weighted by molar-refractivity contribution is 5.82. The number of nitrogens with one attached hydrogen (secondary N) is 1. The summed E-state index contributed by atoms with van der Waals surface area (Å²) in [6, 6.07) is 0.270. The number of hydrogen-bond donors (Lipinski definition) is 1. The fourth-order valence-corrected chi connectivity index (χ4v) is 2.24. The predicted molar refractivity (Wildman–Crippen MR) is 62.3 cm³/mol. The summed E-state index contributed by atoms with van der Waals surface area (Å²) in [6.07, 6.45) is 1.64. The van der Waals surface area contributed by atoms with Crippen molar-refractivity contribution >= 4 is 5.97 Å². The van der Waals surface area contributed by atoms with Crippen LogP contribution in [0.5, 0.6) is 0 Å². The summed E-state index contributed by atoms with van der Waals surface area (Å²) in [5.74, 6) is -0.139. The van der Waals surface area contributed by atoms with Crippen LogP contribution in [0.1, 0.15) is 40.5 Å². The highest BCUT2D eigenvalue weighted by atomic mass is 16.5. The van der Waals surface area contributed by atoms with Crippen LogP contribution in [0, 0.1) is 0 Å². The summed E-state index contributed by atoms with van der Waals surface area (Å²) in [5, 5.41) is 3.31. The van der Waals surface area contributed by atoms with Crippen LogP contribution in [0.4, 0.5) is 0 Å². The molecule has 94 valence electrons. The molecular formula is C12H23NO3. The molecule has 4 nitrogen and oxygen atoms in total. The summed E-state index contributed by atoms with van der Waals surface area (Å²) in [7, 11) is 0. The van der Waals surface area contributed by atoms with Gasteiger partial charge in [0.15, 0.2) is 0 Å². The molecule has 16 heavy (non-hydrogen) atoms. The third kappa shape index (κ3) is 2.95. The number of esters is 1. The highest BCUT2D eigenvalue weighted by Gasteiger charge is 2.52. The Labute approximate surface area is 97.7 Å². The van der Waals surface area contributed by atoms with E-state index in [1.807, 2.05) is 27.7 Å². The Balaban J connectivity index is 2.56. The standard InChI is InChI=1S/C12H23NO3/c1-5-15-10-7-12(8-10,13-9(3)4)11(14)16-6-2/h9-10,13H,5-8H2,1-4H3. The maximum Gasteiger partial charge on any atom is 0.326 e. The average Bonchev–Trinajstić information content (AvgIpc) is 2.14. The van der Waals surface area contributed by atoms with Crippen LogP contribution in [0.2, 0.25) is 0 Å². The van der Waals surface area contributed by atoms with Crippen LogP contribution in [-0.2, 0) is 14.3 Å². The van der Waals surface area contributed by atoms with Crippen LogP contribution in [0.25, 0.3) is 0 Å². The molecule has 0 aliphatic heterocycles. The van der Waals surface area contributed by atoms with Gasteiger partial charge in [-0.2, -0.15) is 0 Å². The van der Waals surface area contributed by atoms with Crippen LogP contribution in [-0.4, -0.2) is 36.9 Å². The molecule has 0 unspecified atom stereocenters. The lowest BCUT2D eigenvalue weighted by atomic mass is 9.73. The molecule has 0 saturated heterocycles. The second kappa shape index (κ2) is 5.64. The quantitative estimate of drug-likeness (QED) is 0.701. The van der Waals surface area contributed by atoms with Gasteiger partial charge in [-0.3, -0.25) is 10.1 Å². The summed E-state index contributed by atoms with van der Waals surface area (Å²) < 4.78 is 10.6. The van der Waals surface area contributed by atoms with E-state index in [0.29, 0.717) is 13.2 Å². The number of carbonyl (C=O) groups excluding carboxylic acids is 1. The van der Waals surface area contributed by atoms with Gasteiger partial charge in [-0.1, -0.05) is 0 Å². The summed E-state index contributed by atoms with van der Waals surface area (Å²) >= 11 is 0. The minimum Gasteiger partial charge on any atom is -0.465 e. The zero-order chi connectivity index (χ0) is 12.2. The van der Waals surface area contributed by atoms with Gasteiger partial charge in [-0.15, -0.1) is 0 Å². The van der Waals surface area contributed by atoms with Crippen molar-refractivity contribution < 1.29 is 14.3 Å². The van der Waals surface area contributed by atoms with Gasteiger partial charge in [0.25, 0.3) is 0 Å². The van der Waals surface area contributed by atoms with Gasteiger partial charge in [0.05, 0.1) is 12.7 Å². The van der Waals surface area contributed by atoms with Gasteiger partial charge in [0.2, 0.25) is 0 Å². The second-order valence-corrected chi connectivity index (χ2v) is 4.59. The summed E-state index contributed by atoms with van der Waals surface area (Å²) in [4.78, 5) is 11.9. The molecule has 0 radical (unpaired) electrons. The molecule has 4 heteroatoms.